The number of carbonyl (C=O) groups excluding carboxylic acids is 2. The lowest BCUT2D eigenvalue weighted by Crippen LogP contribution is -2.49. The smallest absolute Gasteiger partial charge is 0.243 e. The van der Waals surface area contributed by atoms with Crippen LogP contribution < -0.4 is 10.2 Å². The molecule has 0 aromatic heterocycles. The second-order valence-electron chi connectivity index (χ2n) is 5.77. The van der Waals surface area contributed by atoms with E-state index in [2.05, 4.69) is 10.2 Å². The summed E-state index contributed by atoms with van der Waals surface area (Å²) >= 11 is 0. The molecule has 0 spiro atoms. The van der Waals surface area contributed by atoms with Gasteiger partial charge in [-0.1, -0.05) is 18.2 Å². The third kappa shape index (κ3) is 6.06. The van der Waals surface area contributed by atoms with Gasteiger partial charge < -0.3 is 15.1 Å². The molecule has 1 N–H and O–H groups in total. The van der Waals surface area contributed by atoms with Crippen molar-refractivity contribution in [2.24, 2.45) is 0 Å². The Bertz CT molecular complexity index is 633. The molecule has 0 radical (unpaired) electrons. The predicted molar refractivity (Wildman–Crippen MR) is 96.8 cm³/mol. The Labute approximate surface area is 147 Å². The van der Waals surface area contributed by atoms with Crippen molar-refractivity contribution in [3.63, 3.8) is 0 Å². The summed E-state index contributed by atoms with van der Waals surface area (Å²) in [4.78, 5) is 27.7. The summed E-state index contributed by atoms with van der Waals surface area (Å²) in [5, 5.41) is 2.70. The highest BCUT2D eigenvalue weighted by atomic mass is 19.1. The number of halogens is 1. The van der Waals surface area contributed by atoms with Crippen LogP contribution in [-0.2, 0) is 9.59 Å². The van der Waals surface area contributed by atoms with Gasteiger partial charge in [-0.3, -0.25) is 9.59 Å². The number of nitrogens with one attached hydrogen (secondary N) is 1. The fourth-order valence-corrected chi connectivity index (χ4v) is 2.63. The summed E-state index contributed by atoms with van der Waals surface area (Å²) in [5.41, 5.74) is 0.966. The van der Waals surface area contributed by atoms with E-state index in [1.165, 1.54) is 18.2 Å². The van der Waals surface area contributed by atoms with Crippen LogP contribution in [0.25, 0.3) is 0 Å². The zero-order valence-electron chi connectivity index (χ0n) is 14.5. The molecule has 1 aliphatic heterocycles. The van der Waals surface area contributed by atoms with Gasteiger partial charge in [0.15, 0.2) is 0 Å². The van der Waals surface area contributed by atoms with Gasteiger partial charge in [-0.2, -0.15) is 0 Å². The quantitative estimate of drug-likeness (QED) is 0.635. The molecule has 134 valence electrons. The highest BCUT2D eigenvalue weighted by Gasteiger charge is 2.21. The first-order valence-electron chi connectivity index (χ1n) is 8.45. The number of amides is 2. The number of hydrogen-bond acceptors (Lipinski definition) is 3. The molecule has 0 aliphatic carbocycles. The van der Waals surface area contributed by atoms with Gasteiger partial charge in [0.05, 0.1) is 0 Å². The molecular weight excluding hydrogens is 321 g/mol. The molecule has 0 unspecified atom stereocenters. The molecule has 0 atom stereocenters. The lowest BCUT2D eigenvalue weighted by atomic mass is 10.2. The zero-order valence-corrected chi connectivity index (χ0v) is 14.5. The van der Waals surface area contributed by atoms with Crippen LogP contribution in [0.2, 0.25) is 0 Å². The Morgan fingerprint density at radius 2 is 1.80 bits per heavy atom. The molecule has 6 heteroatoms. The maximum Gasteiger partial charge on any atom is 0.243 e. The number of nitrogens with zero attached hydrogens (tertiary/aromatic N) is 2. The van der Waals surface area contributed by atoms with Crippen molar-refractivity contribution < 1.29 is 14.0 Å². The van der Waals surface area contributed by atoms with Crippen molar-refractivity contribution in [1.82, 2.24) is 10.2 Å². The Hall–Kier alpha value is -2.63. The topological polar surface area (TPSA) is 52.7 Å². The van der Waals surface area contributed by atoms with Crippen molar-refractivity contribution in [2.45, 2.75) is 13.3 Å². The maximum atomic E-state index is 13.0. The van der Waals surface area contributed by atoms with Crippen LogP contribution in [0.5, 0.6) is 0 Å². The number of hydrogen-bond donors (Lipinski definition) is 1. The normalized spacial score (nSPS) is 15.1. The molecule has 1 heterocycles. The summed E-state index contributed by atoms with van der Waals surface area (Å²) in [5.74, 6) is -0.413. The van der Waals surface area contributed by atoms with Crippen molar-refractivity contribution in [2.75, 3.05) is 37.6 Å². The molecule has 1 saturated heterocycles. The zero-order chi connectivity index (χ0) is 18.1. The molecule has 1 aliphatic rings. The molecule has 1 aromatic carbocycles. The van der Waals surface area contributed by atoms with E-state index in [1.807, 2.05) is 17.9 Å². The van der Waals surface area contributed by atoms with Gasteiger partial charge in [0.1, 0.15) is 5.82 Å². The second-order valence-corrected chi connectivity index (χ2v) is 5.77. The third-order valence-corrected chi connectivity index (χ3v) is 4.01. The van der Waals surface area contributed by atoms with Gasteiger partial charge >= 0.3 is 0 Å². The molecule has 25 heavy (non-hydrogen) atoms. The molecule has 1 aromatic rings. The van der Waals surface area contributed by atoms with Gasteiger partial charge in [0.2, 0.25) is 11.8 Å². The Kier molecular flexibility index (Phi) is 7.19. The Balaban J connectivity index is 1.70. The molecule has 5 nitrogen and oxygen atoms in total. The van der Waals surface area contributed by atoms with E-state index < -0.39 is 0 Å². The number of benzene rings is 1. The van der Waals surface area contributed by atoms with Crippen LogP contribution in [0.1, 0.15) is 13.3 Å². The summed E-state index contributed by atoms with van der Waals surface area (Å²) < 4.78 is 13.0. The van der Waals surface area contributed by atoms with Crippen molar-refractivity contribution in [3.05, 3.63) is 54.4 Å². The minimum atomic E-state index is -0.250. The summed E-state index contributed by atoms with van der Waals surface area (Å²) in [6.07, 6.45) is 6.99. The largest absolute Gasteiger partial charge is 0.368 e. The average Bonchev–Trinajstić information content (AvgIpc) is 2.63. The van der Waals surface area contributed by atoms with Gasteiger partial charge in [-0.25, -0.2) is 4.39 Å². The first-order valence-corrected chi connectivity index (χ1v) is 8.45. The fraction of sp³-hybridized carbons (Fsp3) is 0.368. The summed E-state index contributed by atoms with van der Waals surface area (Å²) in [6.45, 7) is 4.90. The highest BCUT2D eigenvalue weighted by molar-refractivity contribution is 5.88. The van der Waals surface area contributed by atoms with Crippen molar-refractivity contribution in [1.29, 1.82) is 0 Å². The lowest BCUT2D eigenvalue weighted by molar-refractivity contribution is -0.131. The van der Waals surface area contributed by atoms with Crippen LogP contribution in [0.15, 0.2) is 48.6 Å². The van der Waals surface area contributed by atoms with Crippen LogP contribution in [0, 0.1) is 5.82 Å². The van der Waals surface area contributed by atoms with Crippen LogP contribution >= 0.6 is 0 Å². The van der Waals surface area contributed by atoms with Gasteiger partial charge in [-0.05, 0) is 31.2 Å². The van der Waals surface area contributed by atoms with E-state index in [1.54, 1.807) is 24.3 Å². The second kappa shape index (κ2) is 9.61. The summed E-state index contributed by atoms with van der Waals surface area (Å²) in [7, 11) is 0. The number of rotatable bonds is 6. The first-order chi connectivity index (χ1) is 12.1. The lowest BCUT2D eigenvalue weighted by Gasteiger charge is -2.36. The minimum absolute atomic E-state index is 0.0384. The predicted octanol–water partition coefficient (Wildman–Crippen LogP) is 2.11. The number of allylic oxidation sites excluding steroid dienone is 3. The molecule has 2 rings (SSSR count). The molecule has 0 bridgehead atoms. The van der Waals surface area contributed by atoms with E-state index in [0.717, 1.165) is 18.8 Å². The van der Waals surface area contributed by atoms with Gasteiger partial charge in [0.25, 0.3) is 0 Å². The first kappa shape index (κ1) is 18.7. The highest BCUT2D eigenvalue weighted by Crippen LogP contribution is 2.17. The molecule has 2 amide bonds. The van der Waals surface area contributed by atoms with Crippen LogP contribution in [0.3, 0.4) is 0 Å². The number of piperazine rings is 1. The van der Waals surface area contributed by atoms with Gasteiger partial charge in [-0.15, -0.1) is 0 Å². The molecule has 0 saturated carbocycles. The van der Waals surface area contributed by atoms with E-state index in [-0.39, 0.29) is 17.6 Å². The van der Waals surface area contributed by atoms with Crippen molar-refractivity contribution in [3.8, 4) is 0 Å². The molecule has 1 fully saturated rings. The van der Waals surface area contributed by atoms with E-state index in [9.17, 15) is 14.0 Å². The summed E-state index contributed by atoms with van der Waals surface area (Å²) in [6, 6.07) is 6.40. The maximum absolute atomic E-state index is 13.0. The minimum Gasteiger partial charge on any atom is -0.368 e. The van der Waals surface area contributed by atoms with Crippen molar-refractivity contribution >= 4 is 17.5 Å². The van der Waals surface area contributed by atoms with E-state index in [4.69, 9.17) is 0 Å². The Morgan fingerprint density at radius 1 is 1.12 bits per heavy atom. The standard InChI is InChI=1S/C19H24FN3O2/c1-2-3-4-5-18(24)21-11-10-19(25)23-14-12-22(13-15-23)17-8-6-16(20)7-9-17/h2-9H,10-15H2,1H3,(H,21,24). The number of carbonyl (C=O) groups is 2. The SMILES string of the molecule is CC=CC=CC(=O)NCCC(=O)N1CCN(c2ccc(F)cc2)CC1. The monoisotopic (exact) mass is 345 g/mol. The van der Waals surface area contributed by atoms with Crippen LogP contribution in [-0.4, -0.2) is 49.4 Å². The Morgan fingerprint density at radius 3 is 2.44 bits per heavy atom. The molecular formula is C19H24FN3O2. The fourth-order valence-electron chi connectivity index (χ4n) is 2.63. The number of anilines is 1. The van der Waals surface area contributed by atoms with Crippen LogP contribution in [0.4, 0.5) is 10.1 Å². The average molecular weight is 345 g/mol. The third-order valence-electron chi connectivity index (χ3n) is 4.01. The van der Waals surface area contributed by atoms with E-state index >= 15 is 0 Å². The van der Waals surface area contributed by atoms with Gasteiger partial charge in [0, 0.05) is 50.9 Å². The van der Waals surface area contributed by atoms with E-state index in [0.29, 0.717) is 26.1 Å².